The Morgan fingerprint density at radius 2 is 2.32 bits per heavy atom. The summed E-state index contributed by atoms with van der Waals surface area (Å²) in [5.74, 6) is 5.41. The van der Waals surface area contributed by atoms with Crippen LogP contribution in [0.3, 0.4) is 0 Å². The fraction of sp³-hybridized carbons (Fsp3) is 0.308. The van der Waals surface area contributed by atoms with Crippen molar-refractivity contribution in [2.75, 3.05) is 7.11 Å². The molecule has 0 aliphatic heterocycles. The van der Waals surface area contributed by atoms with Gasteiger partial charge in [0, 0.05) is 17.5 Å². The Hall–Kier alpha value is -1.50. The van der Waals surface area contributed by atoms with Crippen LogP contribution in [0.4, 0.5) is 4.39 Å². The highest BCUT2D eigenvalue weighted by atomic mass is 32.1. The van der Waals surface area contributed by atoms with Crippen LogP contribution in [0.25, 0.3) is 0 Å². The summed E-state index contributed by atoms with van der Waals surface area (Å²) in [4.78, 5) is 4.40. The first-order valence-corrected chi connectivity index (χ1v) is 6.72. The maximum absolute atomic E-state index is 13.4. The van der Waals surface area contributed by atoms with E-state index in [0.717, 1.165) is 16.3 Å². The lowest BCUT2D eigenvalue weighted by atomic mass is 10.0. The first kappa shape index (κ1) is 13.9. The average Bonchev–Trinajstić information content (AvgIpc) is 2.82. The van der Waals surface area contributed by atoms with E-state index in [1.807, 2.05) is 12.3 Å². The normalized spacial score (nSPS) is 12.4. The van der Waals surface area contributed by atoms with Gasteiger partial charge in [0.05, 0.1) is 18.2 Å². The van der Waals surface area contributed by atoms with Crippen molar-refractivity contribution in [3.05, 3.63) is 45.7 Å². The number of benzene rings is 1. The second-order valence-electron chi connectivity index (χ2n) is 4.20. The quantitative estimate of drug-likeness (QED) is 0.652. The van der Waals surface area contributed by atoms with Crippen LogP contribution in [0.1, 0.15) is 22.3 Å². The van der Waals surface area contributed by atoms with Gasteiger partial charge in [0.15, 0.2) is 11.6 Å². The zero-order valence-electron chi connectivity index (χ0n) is 10.8. The Morgan fingerprint density at radius 1 is 1.53 bits per heavy atom. The molecule has 1 atom stereocenters. The SMILES string of the molecule is COc1cc(C(Cc2nc(C)cs2)NN)ccc1F. The molecule has 0 saturated carbocycles. The molecule has 4 nitrogen and oxygen atoms in total. The van der Waals surface area contributed by atoms with Crippen LogP contribution in [0.5, 0.6) is 5.75 Å². The van der Waals surface area contributed by atoms with E-state index in [1.165, 1.54) is 13.2 Å². The third-order valence-corrected chi connectivity index (χ3v) is 3.81. The smallest absolute Gasteiger partial charge is 0.165 e. The Balaban J connectivity index is 2.21. The summed E-state index contributed by atoms with van der Waals surface area (Å²) in [7, 11) is 1.44. The molecule has 0 spiro atoms. The number of aromatic nitrogens is 1. The zero-order chi connectivity index (χ0) is 13.8. The van der Waals surface area contributed by atoms with E-state index in [9.17, 15) is 4.39 Å². The number of rotatable bonds is 5. The number of hydrogen-bond donors (Lipinski definition) is 2. The van der Waals surface area contributed by atoms with Gasteiger partial charge in [-0.3, -0.25) is 11.3 Å². The zero-order valence-corrected chi connectivity index (χ0v) is 11.6. The number of ether oxygens (including phenoxy) is 1. The number of nitrogens with zero attached hydrogens (tertiary/aromatic N) is 1. The number of nitrogens with two attached hydrogens (primary N) is 1. The van der Waals surface area contributed by atoms with Gasteiger partial charge in [-0.15, -0.1) is 11.3 Å². The maximum atomic E-state index is 13.4. The highest BCUT2D eigenvalue weighted by Crippen LogP contribution is 2.25. The molecule has 0 bridgehead atoms. The average molecular weight is 281 g/mol. The van der Waals surface area contributed by atoms with Crippen molar-refractivity contribution in [1.82, 2.24) is 10.4 Å². The number of aryl methyl sites for hydroxylation is 1. The predicted molar refractivity (Wildman–Crippen MR) is 73.6 cm³/mol. The molecule has 1 aromatic carbocycles. The van der Waals surface area contributed by atoms with Gasteiger partial charge in [0.25, 0.3) is 0 Å². The molecule has 2 aromatic rings. The molecule has 2 rings (SSSR count). The van der Waals surface area contributed by atoms with Crippen molar-refractivity contribution in [1.29, 1.82) is 0 Å². The van der Waals surface area contributed by atoms with Crippen molar-refractivity contribution >= 4 is 11.3 Å². The molecule has 1 aromatic heterocycles. The molecule has 1 heterocycles. The minimum Gasteiger partial charge on any atom is -0.494 e. The Kier molecular flexibility index (Phi) is 4.47. The minimum atomic E-state index is -0.382. The third-order valence-electron chi connectivity index (χ3n) is 2.82. The van der Waals surface area contributed by atoms with Gasteiger partial charge in [0.1, 0.15) is 0 Å². The molecule has 0 aliphatic carbocycles. The van der Waals surface area contributed by atoms with Gasteiger partial charge < -0.3 is 4.74 Å². The lowest BCUT2D eigenvalue weighted by molar-refractivity contribution is 0.384. The molecule has 0 aliphatic rings. The van der Waals surface area contributed by atoms with Crippen molar-refractivity contribution < 1.29 is 9.13 Å². The topological polar surface area (TPSA) is 60.2 Å². The van der Waals surface area contributed by atoms with Crippen molar-refractivity contribution in [2.45, 2.75) is 19.4 Å². The summed E-state index contributed by atoms with van der Waals surface area (Å²) in [5, 5.41) is 2.98. The van der Waals surface area contributed by atoms with Gasteiger partial charge in [-0.2, -0.15) is 0 Å². The molecular formula is C13H16FN3OS. The van der Waals surface area contributed by atoms with E-state index in [0.29, 0.717) is 6.42 Å². The van der Waals surface area contributed by atoms with Gasteiger partial charge in [-0.05, 0) is 24.6 Å². The lowest BCUT2D eigenvalue weighted by Crippen LogP contribution is -2.29. The summed E-state index contributed by atoms with van der Waals surface area (Å²) in [5.41, 5.74) is 4.60. The predicted octanol–water partition coefficient (Wildman–Crippen LogP) is 2.35. The van der Waals surface area contributed by atoms with E-state index >= 15 is 0 Å². The van der Waals surface area contributed by atoms with Crippen LogP contribution in [-0.2, 0) is 6.42 Å². The molecule has 0 fully saturated rings. The molecule has 1 unspecified atom stereocenters. The Labute approximate surface area is 115 Å². The fourth-order valence-electron chi connectivity index (χ4n) is 1.84. The largest absolute Gasteiger partial charge is 0.494 e. The summed E-state index contributed by atoms with van der Waals surface area (Å²) in [6, 6.07) is 4.61. The van der Waals surface area contributed by atoms with E-state index < -0.39 is 0 Å². The standard InChI is InChI=1S/C13H16FN3OS/c1-8-7-19-13(16-8)6-11(17-15)9-3-4-10(14)12(5-9)18-2/h3-5,7,11,17H,6,15H2,1-2H3. The summed E-state index contributed by atoms with van der Waals surface area (Å²) >= 11 is 1.59. The molecule has 19 heavy (non-hydrogen) atoms. The molecule has 0 saturated heterocycles. The highest BCUT2D eigenvalue weighted by molar-refractivity contribution is 7.09. The van der Waals surface area contributed by atoms with Crippen LogP contribution in [0.15, 0.2) is 23.6 Å². The lowest BCUT2D eigenvalue weighted by Gasteiger charge is -2.16. The van der Waals surface area contributed by atoms with Gasteiger partial charge in [0.2, 0.25) is 0 Å². The summed E-state index contributed by atoms with van der Waals surface area (Å²) in [6.45, 7) is 1.95. The van der Waals surface area contributed by atoms with Gasteiger partial charge >= 0.3 is 0 Å². The van der Waals surface area contributed by atoms with Crippen LogP contribution >= 0.6 is 11.3 Å². The molecule has 102 valence electrons. The van der Waals surface area contributed by atoms with Crippen molar-refractivity contribution in [3.8, 4) is 5.75 Å². The first-order valence-electron chi connectivity index (χ1n) is 5.84. The first-order chi connectivity index (χ1) is 9.13. The van der Waals surface area contributed by atoms with Crippen LogP contribution in [0.2, 0.25) is 0 Å². The Morgan fingerprint density at radius 3 is 2.89 bits per heavy atom. The molecule has 6 heteroatoms. The third kappa shape index (κ3) is 3.28. The number of hydrogen-bond acceptors (Lipinski definition) is 5. The van der Waals surface area contributed by atoms with Crippen LogP contribution in [-0.4, -0.2) is 12.1 Å². The summed E-state index contributed by atoms with van der Waals surface area (Å²) < 4.78 is 18.4. The molecule has 0 radical (unpaired) electrons. The second kappa shape index (κ2) is 6.10. The molecule has 3 N–H and O–H groups in total. The van der Waals surface area contributed by atoms with E-state index in [-0.39, 0.29) is 17.6 Å². The van der Waals surface area contributed by atoms with E-state index in [4.69, 9.17) is 10.6 Å². The molecular weight excluding hydrogens is 265 g/mol. The summed E-state index contributed by atoms with van der Waals surface area (Å²) in [6.07, 6.45) is 0.657. The van der Waals surface area contributed by atoms with Crippen molar-refractivity contribution in [2.24, 2.45) is 5.84 Å². The Bertz CT molecular complexity index is 559. The number of methoxy groups -OCH3 is 1. The minimum absolute atomic E-state index is 0.125. The van der Waals surface area contributed by atoms with Crippen LogP contribution < -0.4 is 16.0 Å². The maximum Gasteiger partial charge on any atom is 0.165 e. The highest BCUT2D eigenvalue weighted by Gasteiger charge is 2.15. The van der Waals surface area contributed by atoms with E-state index in [2.05, 4.69) is 10.4 Å². The number of nitrogens with one attached hydrogen (secondary N) is 1. The van der Waals surface area contributed by atoms with E-state index in [1.54, 1.807) is 23.5 Å². The number of hydrazine groups is 1. The number of thiazole rings is 1. The van der Waals surface area contributed by atoms with Crippen LogP contribution in [0, 0.1) is 12.7 Å². The van der Waals surface area contributed by atoms with Gasteiger partial charge in [-0.25, -0.2) is 9.37 Å². The monoisotopic (exact) mass is 281 g/mol. The second-order valence-corrected chi connectivity index (χ2v) is 5.14. The van der Waals surface area contributed by atoms with Gasteiger partial charge in [-0.1, -0.05) is 6.07 Å². The molecule has 0 amide bonds. The van der Waals surface area contributed by atoms with Crippen molar-refractivity contribution in [3.63, 3.8) is 0 Å². The fourth-order valence-corrected chi connectivity index (χ4v) is 2.66. The number of halogens is 1.